The molecule has 2 aromatic rings. The van der Waals surface area contributed by atoms with Crippen LogP contribution in [0.5, 0.6) is 0 Å². The average Bonchev–Trinajstić information content (AvgIpc) is 2.50. The van der Waals surface area contributed by atoms with Crippen molar-refractivity contribution in [2.45, 2.75) is 24.0 Å². The van der Waals surface area contributed by atoms with Gasteiger partial charge < -0.3 is 10.0 Å². The quantitative estimate of drug-likeness (QED) is 0.838. The Labute approximate surface area is 128 Å². The van der Waals surface area contributed by atoms with Gasteiger partial charge in [-0.05, 0) is 42.3 Å². The summed E-state index contributed by atoms with van der Waals surface area (Å²) in [6.07, 6.45) is 3.21. The third-order valence-corrected chi connectivity index (χ3v) is 4.64. The van der Waals surface area contributed by atoms with E-state index in [-0.39, 0.29) is 4.90 Å². The van der Waals surface area contributed by atoms with E-state index in [0.29, 0.717) is 25.1 Å². The second-order valence-corrected chi connectivity index (χ2v) is 6.70. The number of fused-ring (bicyclic) bond motifs is 1. The van der Waals surface area contributed by atoms with Crippen LogP contribution in [0.1, 0.15) is 23.7 Å². The van der Waals surface area contributed by atoms with Gasteiger partial charge in [-0.2, -0.15) is 8.42 Å². The van der Waals surface area contributed by atoms with Crippen LogP contribution in [0, 0.1) is 0 Å². The molecule has 0 saturated heterocycles. The highest BCUT2D eigenvalue weighted by molar-refractivity contribution is 7.85. The predicted octanol–water partition coefficient (Wildman–Crippen LogP) is 1.77. The summed E-state index contributed by atoms with van der Waals surface area (Å²) in [7, 11) is -4.27. The molecule has 7 heteroatoms. The van der Waals surface area contributed by atoms with Crippen LogP contribution < -0.4 is 4.90 Å². The van der Waals surface area contributed by atoms with Crippen LogP contribution >= 0.6 is 0 Å². The van der Waals surface area contributed by atoms with E-state index in [2.05, 4.69) is 9.88 Å². The number of hydrogen-bond acceptors (Lipinski definition) is 5. The van der Waals surface area contributed by atoms with Crippen LogP contribution in [0.15, 0.2) is 47.6 Å². The topological polar surface area (TPSA) is 90.7 Å². The standard InChI is InChI=1S/C15H16N2O4S/c18-15-5-8-17(10-11-3-6-16-7-4-11)14-2-1-12(9-13(14)15)22(19,20)21/h1-4,6-7,9,15,18H,5,8,10H2,(H,19,20,21). The first-order valence-electron chi connectivity index (χ1n) is 6.88. The summed E-state index contributed by atoms with van der Waals surface area (Å²) in [5, 5.41) is 10.1. The normalized spacial score (nSPS) is 18.1. The fourth-order valence-corrected chi connectivity index (χ4v) is 3.19. The van der Waals surface area contributed by atoms with Crippen molar-refractivity contribution in [3.8, 4) is 0 Å². The average molecular weight is 320 g/mol. The maximum Gasteiger partial charge on any atom is 0.294 e. The van der Waals surface area contributed by atoms with Gasteiger partial charge in [0.25, 0.3) is 10.1 Å². The first-order chi connectivity index (χ1) is 10.4. The van der Waals surface area contributed by atoms with Crippen molar-refractivity contribution in [1.29, 1.82) is 0 Å². The molecule has 0 fully saturated rings. The third kappa shape index (κ3) is 2.96. The molecule has 1 aliphatic rings. The molecule has 0 aliphatic carbocycles. The summed E-state index contributed by atoms with van der Waals surface area (Å²) in [5.41, 5.74) is 2.38. The summed E-state index contributed by atoms with van der Waals surface area (Å²) in [5.74, 6) is 0. The van der Waals surface area contributed by atoms with Gasteiger partial charge in [-0.25, -0.2) is 0 Å². The predicted molar refractivity (Wildman–Crippen MR) is 81.1 cm³/mol. The molecule has 1 aromatic heterocycles. The van der Waals surface area contributed by atoms with Gasteiger partial charge in [-0.1, -0.05) is 0 Å². The van der Waals surface area contributed by atoms with E-state index in [4.69, 9.17) is 4.55 Å². The lowest BCUT2D eigenvalue weighted by Gasteiger charge is -2.34. The summed E-state index contributed by atoms with van der Waals surface area (Å²) < 4.78 is 31.7. The Hall–Kier alpha value is -1.96. The summed E-state index contributed by atoms with van der Waals surface area (Å²) in [6.45, 7) is 1.31. The van der Waals surface area contributed by atoms with Crippen LogP contribution in [0.4, 0.5) is 5.69 Å². The number of benzene rings is 1. The minimum Gasteiger partial charge on any atom is -0.388 e. The number of aromatic nitrogens is 1. The van der Waals surface area contributed by atoms with Crippen molar-refractivity contribution < 1.29 is 18.1 Å². The fourth-order valence-electron chi connectivity index (χ4n) is 2.67. The SMILES string of the molecule is O=S(=O)(O)c1ccc2c(c1)C(O)CCN2Cc1ccncc1. The fraction of sp³-hybridized carbons (Fsp3) is 0.267. The first-order valence-corrected chi connectivity index (χ1v) is 8.32. The number of anilines is 1. The number of aliphatic hydroxyl groups excluding tert-OH is 1. The van der Waals surface area contributed by atoms with Crippen LogP contribution in [-0.4, -0.2) is 29.6 Å². The highest BCUT2D eigenvalue weighted by atomic mass is 32.2. The van der Waals surface area contributed by atoms with E-state index >= 15 is 0 Å². The van der Waals surface area contributed by atoms with E-state index in [0.717, 1.165) is 11.3 Å². The lowest BCUT2D eigenvalue weighted by molar-refractivity contribution is 0.163. The molecule has 3 rings (SSSR count). The van der Waals surface area contributed by atoms with E-state index in [1.54, 1.807) is 18.5 Å². The number of aliphatic hydroxyl groups is 1. The van der Waals surface area contributed by atoms with Gasteiger partial charge >= 0.3 is 0 Å². The third-order valence-electron chi connectivity index (χ3n) is 3.79. The van der Waals surface area contributed by atoms with Crippen molar-refractivity contribution in [3.63, 3.8) is 0 Å². The number of rotatable bonds is 3. The maximum absolute atomic E-state index is 11.3. The maximum atomic E-state index is 11.3. The van der Waals surface area contributed by atoms with Gasteiger partial charge in [-0.3, -0.25) is 9.54 Å². The zero-order valence-corrected chi connectivity index (χ0v) is 12.6. The van der Waals surface area contributed by atoms with Crippen molar-refractivity contribution in [2.24, 2.45) is 0 Å². The molecule has 1 aliphatic heterocycles. The second kappa shape index (κ2) is 5.68. The van der Waals surface area contributed by atoms with Crippen LogP contribution in [0.3, 0.4) is 0 Å². The van der Waals surface area contributed by atoms with Gasteiger partial charge in [0.2, 0.25) is 0 Å². The molecule has 2 N–H and O–H groups in total. The molecule has 116 valence electrons. The molecule has 1 aromatic carbocycles. The minimum atomic E-state index is -4.27. The highest BCUT2D eigenvalue weighted by Gasteiger charge is 2.25. The van der Waals surface area contributed by atoms with Gasteiger partial charge in [0.1, 0.15) is 0 Å². The molecule has 22 heavy (non-hydrogen) atoms. The van der Waals surface area contributed by atoms with Crippen molar-refractivity contribution >= 4 is 15.8 Å². The molecule has 2 heterocycles. The molecule has 1 unspecified atom stereocenters. The van der Waals surface area contributed by atoms with Crippen molar-refractivity contribution in [2.75, 3.05) is 11.4 Å². The van der Waals surface area contributed by atoms with Gasteiger partial charge in [-0.15, -0.1) is 0 Å². The number of pyridine rings is 1. The number of hydrogen-bond donors (Lipinski definition) is 2. The van der Waals surface area contributed by atoms with Crippen LogP contribution in [0.2, 0.25) is 0 Å². The Bertz CT molecular complexity index is 777. The second-order valence-electron chi connectivity index (χ2n) is 5.28. The molecule has 0 radical (unpaired) electrons. The summed E-state index contributed by atoms with van der Waals surface area (Å²) in [4.78, 5) is 5.86. The van der Waals surface area contributed by atoms with Gasteiger partial charge in [0.15, 0.2) is 0 Å². The van der Waals surface area contributed by atoms with Crippen molar-refractivity contribution in [3.05, 3.63) is 53.9 Å². The monoisotopic (exact) mass is 320 g/mol. The molecule has 0 saturated carbocycles. The Morgan fingerprint density at radius 1 is 1.23 bits per heavy atom. The lowest BCUT2D eigenvalue weighted by Crippen LogP contribution is -2.30. The van der Waals surface area contributed by atoms with Gasteiger partial charge in [0, 0.05) is 36.7 Å². The molecule has 0 amide bonds. The van der Waals surface area contributed by atoms with Gasteiger partial charge in [0.05, 0.1) is 11.0 Å². The Morgan fingerprint density at radius 2 is 1.95 bits per heavy atom. The Kier molecular flexibility index (Phi) is 3.86. The molecule has 1 atom stereocenters. The van der Waals surface area contributed by atoms with E-state index < -0.39 is 16.2 Å². The molecular formula is C15H16N2O4S. The zero-order valence-electron chi connectivity index (χ0n) is 11.8. The lowest BCUT2D eigenvalue weighted by atomic mass is 9.98. The summed E-state index contributed by atoms with van der Waals surface area (Å²) >= 11 is 0. The van der Waals surface area contributed by atoms with Crippen LogP contribution in [0.25, 0.3) is 0 Å². The smallest absolute Gasteiger partial charge is 0.294 e. The van der Waals surface area contributed by atoms with Crippen molar-refractivity contribution in [1.82, 2.24) is 4.98 Å². The number of nitrogens with zero attached hydrogens (tertiary/aromatic N) is 2. The molecule has 0 bridgehead atoms. The Morgan fingerprint density at radius 3 is 2.64 bits per heavy atom. The van der Waals surface area contributed by atoms with E-state index in [1.165, 1.54) is 12.1 Å². The minimum absolute atomic E-state index is 0.198. The molecule has 0 spiro atoms. The Balaban J connectivity index is 1.97. The van der Waals surface area contributed by atoms with E-state index in [1.807, 2.05) is 12.1 Å². The van der Waals surface area contributed by atoms with Crippen LogP contribution in [-0.2, 0) is 16.7 Å². The van der Waals surface area contributed by atoms with E-state index in [9.17, 15) is 13.5 Å². The molecule has 6 nitrogen and oxygen atoms in total. The summed E-state index contributed by atoms with van der Waals surface area (Å²) in [6, 6.07) is 8.15. The molecular weight excluding hydrogens is 304 g/mol. The largest absolute Gasteiger partial charge is 0.388 e. The zero-order chi connectivity index (χ0) is 15.7. The first kappa shape index (κ1) is 15.0. The highest BCUT2D eigenvalue weighted by Crippen LogP contribution is 2.36.